The van der Waals surface area contributed by atoms with Gasteiger partial charge >= 0.3 is 0 Å². The van der Waals surface area contributed by atoms with Crippen molar-refractivity contribution >= 4 is 34.1 Å². The smallest absolute Gasteiger partial charge is 0.191 e. The molecule has 0 atom stereocenters. The Morgan fingerprint density at radius 2 is 2.00 bits per heavy atom. The van der Waals surface area contributed by atoms with Gasteiger partial charge in [0.25, 0.3) is 0 Å². The number of rotatable bonds is 2. The summed E-state index contributed by atoms with van der Waals surface area (Å²) in [5, 5.41) is 1.27. The summed E-state index contributed by atoms with van der Waals surface area (Å²) < 4.78 is 4.96. The first kappa shape index (κ1) is 11.5. The van der Waals surface area contributed by atoms with Gasteiger partial charge in [-0.25, -0.2) is 0 Å². The molecule has 2 aromatic rings. The van der Waals surface area contributed by atoms with E-state index in [2.05, 4.69) is 4.98 Å². The van der Waals surface area contributed by atoms with E-state index in [4.69, 9.17) is 27.9 Å². The van der Waals surface area contributed by atoms with Gasteiger partial charge in [-0.15, -0.1) is 0 Å². The summed E-state index contributed by atoms with van der Waals surface area (Å²) in [7, 11) is 1.56. The van der Waals surface area contributed by atoms with Crippen molar-refractivity contribution in [2.24, 2.45) is 0 Å². The fraction of sp³-hybridized carbons (Fsp3) is 0.182. The molecule has 0 amide bonds. The molecule has 2 rings (SSSR count). The third-order valence-corrected chi connectivity index (χ3v) is 2.87. The molecule has 1 aromatic carbocycles. The van der Waals surface area contributed by atoms with Crippen LogP contribution in [-0.2, 0) is 11.3 Å². The molecule has 1 N–H and O–H groups in total. The molecule has 0 saturated heterocycles. The first-order valence-corrected chi connectivity index (χ1v) is 5.38. The van der Waals surface area contributed by atoms with Crippen LogP contribution < -0.4 is 5.43 Å². The quantitative estimate of drug-likeness (QED) is 0.899. The highest BCUT2D eigenvalue weighted by Gasteiger charge is 2.08. The lowest BCUT2D eigenvalue weighted by Crippen LogP contribution is -2.06. The first-order valence-electron chi connectivity index (χ1n) is 4.62. The number of aromatic nitrogens is 1. The van der Waals surface area contributed by atoms with Gasteiger partial charge in [-0.3, -0.25) is 4.79 Å². The molecule has 0 radical (unpaired) electrons. The molecule has 0 saturated carbocycles. The van der Waals surface area contributed by atoms with Gasteiger partial charge < -0.3 is 9.72 Å². The van der Waals surface area contributed by atoms with Crippen molar-refractivity contribution in [3.05, 3.63) is 44.2 Å². The van der Waals surface area contributed by atoms with Crippen molar-refractivity contribution < 1.29 is 4.74 Å². The second-order valence-electron chi connectivity index (χ2n) is 3.37. The van der Waals surface area contributed by atoms with Crippen LogP contribution in [0.4, 0.5) is 0 Å². The zero-order valence-electron chi connectivity index (χ0n) is 8.51. The predicted molar refractivity (Wildman–Crippen MR) is 65.3 cm³/mol. The number of pyridine rings is 1. The van der Waals surface area contributed by atoms with E-state index in [1.54, 1.807) is 19.2 Å². The molecule has 1 aromatic heterocycles. The standard InChI is InChI=1S/C11H9Cl2NO2/c1-16-5-6-4-9(15)10-7(12)2-3-8(13)11(10)14-6/h2-4H,5H2,1H3,(H,14,15). The van der Waals surface area contributed by atoms with Gasteiger partial charge in [-0.2, -0.15) is 0 Å². The summed E-state index contributed by atoms with van der Waals surface area (Å²) in [6, 6.07) is 4.73. The van der Waals surface area contributed by atoms with Crippen LogP contribution in [0.3, 0.4) is 0 Å². The Balaban J connectivity index is 2.81. The summed E-state index contributed by atoms with van der Waals surface area (Å²) in [6.07, 6.45) is 0. The lowest BCUT2D eigenvalue weighted by atomic mass is 10.2. The largest absolute Gasteiger partial charge is 0.378 e. The van der Waals surface area contributed by atoms with Gasteiger partial charge in [0, 0.05) is 18.9 Å². The maximum Gasteiger partial charge on any atom is 0.191 e. The average molecular weight is 258 g/mol. The SMILES string of the molecule is COCc1cc(=O)c2c(Cl)ccc(Cl)c2[nH]1. The fourth-order valence-corrected chi connectivity index (χ4v) is 2.03. The Hall–Kier alpha value is -1.03. The van der Waals surface area contributed by atoms with E-state index >= 15 is 0 Å². The number of halogens is 2. The highest BCUT2D eigenvalue weighted by Crippen LogP contribution is 2.25. The van der Waals surface area contributed by atoms with Gasteiger partial charge in [0.1, 0.15) is 0 Å². The zero-order valence-corrected chi connectivity index (χ0v) is 10.0. The number of hydrogen-bond donors (Lipinski definition) is 1. The molecule has 0 aliphatic heterocycles. The summed E-state index contributed by atoms with van der Waals surface area (Å²) >= 11 is 12.0. The summed E-state index contributed by atoms with van der Waals surface area (Å²) in [6.45, 7) is 0.327. The number of ether oxygens (including phenoxy) is 1. The Bertz CT molecular complexity index is 592. The van der Waals surface area contributed by atoms with E-state index in [0.29, 0.717) is 33.2 Å². The van der Waals surface area contributed by atoms with E-state index in [1.165, 1.54) is 6.07 Å². The molecule has 0 aliphatic rings. The van der Waals surface area contributed by atoms with Crippen molar-refractivity contribution in [1.29, 1.82) is 0 Å². The second-order valence-corrected chi connectivity index (χ2v) is 4.19. The Labute approximate surface area is 102 Å². The minimum atomic E-state index is -0.159. The van der Waals surface area contributed by atoms with Gasteiger partial charge in [-0.05, 0) is 12.1 Å². The maximum atomic E-state index is 11.8. The van der Waals surface area contributed by atoms with Crippen LogP contribution in [0.25, 0.3) is 10.9 Å². The molecule has 5 heteroatoms. The molecular formula is C11H9Cl2NO2. The molecule has 0 aliphatic carbocycles. The summed E-state index contributed by atoms with van der Waals surface area (Å²) in [5.74, 6) is 0. The Kier molecular flexibility index (Phi) is 3.19. The molecular weight excluding hydrogens is 249 g/mol. The van der Waals surface area contributed by atoms with Gasteiger partial charge in [-0.1, -0.05) is 23.2 Å². The van der Waals surface area contributed by atoms with Gasteiger partial charge in [0.15, 0.2) is 5.43 Å². The van der Waals surface area contributed by atoms with E-state index in [-0.39, 0.29) is 5.43 Å². The van der Waals surface area contributed by atoms with Crippen LogP contribution in [0.1, 0.15) is 5.69 Å². The van der Waals surface area contributed by atoms with Crippen LogP contribution in [0.5, 0.6) is 0 Å². The topological polar surface area (TPSA) is 42.1 Å². The van der Waals surface area contributed by atoms with Crippen molar-refractivity contribution in [2.45, 2.75) is 6.61 Å². The number of nitrogens with one attached hydrogen (secondary N) is 1. The third-order valence-electron chi connectivity index (χ3n) is 2.24. The van der Waals surface area contributed by atoms with Crippen LogP contribution in [0.2, 0.25) is 10.0 Å². The first-order chi connectivity index (χ1) is 7.63. The number of aromatic amines is 1. The number of hydrogen-bond acceptors (Lipinski definition) is 2. The van der Waals surface area contributed by atoms with Crippen molar-refractivity contribution in [1.82, 2.24) is 4.98 Å². The highest BCUT2D eigenvalue weighted by molar-refractivity contribution is 6.39. The lowest BCUT2D eigenvalue weighted by molar-refractivity contribution is 0.181. The van der Waals surface area contributed by atoms with Crippen molar-refractivity contribution in [3.8, 4) is 0 Å². The third kappa shape index (κ3) is 1.94. The molecule has 0 spiro atoms. The summed E-state index contributed by atoms with van der Waals surface area (Å²) in [5.41, 5.74) is 1.06. The number of fused-ring (bicyclic) bond motifs is 1. The number of methoxy groups -OCH3 is 1. The Morgan fingerprint density at radius 1 is 1.31 bits per heavy atom. The zero-order chi connectivity index (χ0) is 11.7. The molecule has 1 heterocycles. The monoisotopic (exact) mass is 257 g/mol. The van der Waals surface area contributed by atoms with E-state index in [9.17, 15) is 4.79 Å². The van der Waals surface area contributed by atoms with Crippen LogP contribution in [0.15, 0.2) is 23.0 Å². The van der Waals surface area contributed by atoms with Crippen LogP contribution >= 0.6 is 23.2 Å². The minimum absolute atomic E-state index is 0.159. The van der Waals surface area contributed by atoms with Crippen LogP contribution in [0, 0.1) is 0 Å². The second kappa shape index (κ2) is 4.45. The van der Waals surface area contributed by atoms with Gasteiger partial charge in [0.2, 0.25) is 0 Å². The molecule has 0 bridgehead atoms. The Morgan fingerprint density at radius 3 is 2.69 bits per heavy atom. The molecule has 3 nitrogen and oxygen atoms in total. The normalized spacial score (nSPS) is 10.9. The molecule has 0 fully saturated rings. The molecule has 16 heavy (non-hydrogen) atoms. The maximum absolute atomic E-state index is 11.8. The predicted octanol–water partition coefficient (Wildman–Crippen LogP) is 2.98. The molecule has 84 valence electrons. The van der Waals surface area contributed by atoms with Crippen molar-refractivity contribution in [3.63, 3.8) is 0 Å². The van der Waals surface area contributed by atoms with E-state index in [0.717, 1.165) is 0 Å². The number of H-pyrrole nitrogens is 1. The lowest BCUT2D eigenvalue weighted by Gasteiger charge is -2.06. The highest BCUT2D eigenvalue weighted by atomic mass is 35.5. The van der Waals surface area contributed by atoms with E-state index < -0.39 is 0 Å². The summed E-state index contributed by atoms with van der Waals surface area (Å²) in [4.78, 5) is 14.9. The van der Waals surface area contributed by atoms with Crippen LogP contribution in [-0.4, -0.2) is 12.1 Å². The fourth-order valence-electron chi connectivity index (χ4n) is 1.58. The van der Waals surface area contributed by atoms with Gasteiger partial charge in [0.05, 0.1) is 27.6 Å². The van der Waals surface area contributed by atoms with Crippen molar-refractivity contribution in [2.75, 3.05) is 7.11 Å². The minimum Gasteiger partial charge on any atom is -0.378 e. The average Bonchev–Trinajstić information content (AvgIpc) is 2.23. The number of benzene rings is 1. The van der Waals surface area contributed by atoms with E-state index in [1.807, 2.05) is 0 Å². The molecule has 0 unspecified atom stereocenters.